The minimum atomic E-state index is -0.268. The Morgan fingerprint density at radius 2 is 1.80 bits per heavy atom. The summed E-state index contributed by atoms with van der Waals surface area (Å²) in [4.78, 5) is 8.81. The van der Waals surface area contributed by atoms with Crippen LogP contribution in [0.25, 0.3) is 16.7 Å². The van der Waals surface area contributed by atoms with Gasteiger partial charge in [-0.25, -0.2) is 9.37 Å². The Labute approximate surface area is 145 Å². The summed E-state index contributed by atoms with van der Waals surface area (Å²) in [5.41, 5.74) is 3.55. The molecule has 0 spiro atoms. The molecule has 124 valence electrons. The Morgan fingerprint density at radius 3 is 2.60 bits per heavy atom. The summed E-state index contributed by atoms with van der Waals surface area (Å²) in [5, 5.41) is 3.43. The average Bonchev–Trinajstić information content (AvgIpc) is 3.02. The summed E-state index contributed by atoms with van der Waals surface area (Å²) in [6.07, 6.45) is 3.48. The number of nitrogens with zero attached hydrogens (tertiary/aromatic N) is 3. The molecule has 2 heterocycles. The number of anilines is 1. The molecule has 1 atom stereocenters. The Kier molecular flexibility index (Phi) is 3.90. The zero-order valence-corrected chi connectivity index (χ0v) is 13.7. The maximum absolute atomic E-state index is 13.8. The van der Waals surface area contributed by atoms with Crippen molar-refractivity contribution in [1.29, 1.82) is 0 Å². The van der Waals surface area contributed by atoms with E-state index in [2.05, 4.69) is 10.3 Å². The highest BCUT2D eigenvalue weighted by atomic mass is 19.1. The van der Waals surface area contributed by atoms with E-state index in [-0.39, 0.29) is 11.9 Å². The van der Waals surface area contributed by atoms with Crippen LogP contribution in [0.3, 0.4) is 0 Å². The van der Waals surface area contributed by atoms with Gasteiger partial charge in [0, 0.05) is 18.1 Å². The molecular formula is C20H17FN4. The monoisotopic (exact) mass is 332 g/mol. The zero-order valence-electron chi connectivity index (χ0n) is 13.7. The minimum Gasteiger partial charge on any atom is -0.375 e. The number of nitrogens with one attached hydrogen (secondary N) is 1. The number of pyridine rings is 1. The van der Waals surface area contributed by atoms with E-state index < -0.39 is 0 Å². The van der Waals surface area contributed by atoms with Gasteiger partial charge in [0.05, 0.1) is 22.8 Å². The first kappa shape index (κ1) is 15.3. The van der Waals surface area contributed by atoms with Crippen LogP contribution in [0.15, 0.2) is 73.1 Å². The predicted octanol–water partition coefficient (Wildman–Crippen LogP) is 4.73. The fraction of sp³-hybridized carbons (Fsp3) is 0.100. The standard InChI is InChI=1S/C20H17FN4/c1-14(23-16-9-11-22-12-10-16)20-24-18-7-2-3-8-19(18)25(20)17-6-4-5-15(21)13-17/h2-14H,1H3,(H,22,23). The summed E-state index contributed by atoms with van der Waals surface area (Å²) in [6, 6.07) is 18.2. The van der Waals surface area contributed by atoms with Crippen LogP contribution < -0.4 is 5.32 Å². The van der Waals surface area contributed by atoms with Crippen LogP contribution in [0.1, 0.15) is 18.8 Å². The van der Waals surface area contributed by atoms with Crippen LogP contribution >= 0.6 is 0 Å². The molecule has 0 amide bonds. The molecule has 25 heavy (non-hydrogen) atoms. The third-order valence-corrected chi connectivity index (χ3v) is 4.10. The van der Waals surface area contributed by atoms with Crippen LogP contribution in [0, 0.1) is 5.82 Å². The van der Waals surface area contributed by atoms with Gasteiger partial charge in [0.2, 0.25) is 0 Å². The van der Waals surface area contributed by atoms with Gasteiger partial charge in [-0.15, -0.1) is 0 Å². The topological polar surface area (TPSA) is 42.7 Å². The van der Waals surface area contributed by atoms with Crippen molar-refractivity contribution in [3.8, 4) is 5.69 Å². The van der Waals surface area contributed by atoms with Gasteiger partial charge in [0.25, 0.3) is 0 Å². The number of hydrogen-bond acceptors (Lipinski definition) is 3. The van der Waals surface area contributed by atoms with Gasteiger partial charge >= 0.3 is 0 Å². The first-order chi connectivity index (χ1) is 12.2. The van der Waals surface area contributed by atoms with E-state index in [1.165, 1.54) is 12.1 Å². The fourth-order valence-electron chi connectivity index (χ4n) is 2.98. The first-order valence-corrected chi connectivity index (χ1v) is 8.12. The number of benzene rings is 2. The van der Waals surface area contributed by atoms with Gasteiger partial charge in [0.15, 0.2) is 0 Å². The van der Waals surface area contributed by atoms with E-state index >= 15 is 0 Å². The molecule has 4 aromatic rings. The quantitative estimate of drug-likeness (QED) is 0.587. The maximum atomic E-state index is 13.8. The molecule has 1 unspecified atom stereocenters. The van der Waals surface area contributed by atoms with Crippen LogP contribution in [0.2, 0.25) is 0 Å². The Bertz CT molecular complexity index is 1010. The second kappa shape index (κ2) is 6.36. The van der Waals surface area contributed by atoms with Crippen LogP contribution in [0.4, 0.5) is 10.1 Å². The highest BCUT2D eigenvalue weighted by molar-refractivity contribution is 5.78. The van der Waals surface area contributed by atoms with E-state index in [1.807, 2.05) is 54.0 Å². The third-order valence-electron chi connectivity index (χ3n) is 4.10. The van der Waals surface area contributed by atoms with Gasteiger partial charge in [-0.3, -0.25) is 9.55 Å². The van der Waals surface area contributed by atoms with Crippen LogP contribution in [0.5, 0.6) is 0 Å². The number of imidazole rings is 1. The van der Waals surface area contributed by atoms with E-state index in [9.17, 15) is 4.39 Å². The molecule has 0 saturated carbocycles. The highest BCUT2D eigenvalue weighted by Crippen LogP contribution is 2.27. The number of halogens is 1. The average molecular weight is 332 g/mol. The molecule has 0 aliphatic rings. The number of para-hydroxylation sites is 2. The lowest BCUT2D eigenvalue weighted by molar-refractivity contribution is 0.626. The summed E-state index contributed by atoms with van der Waals surface area (Å²) in [5.74, 6) is 0.555. The van der Waals surface area contributed by atoms with Crippen molar-refractivity contribution in [2.45, 2.75) is 13.0 Å². The van der Waals surface area contributed by atoms with Gasteiger partial charge < -0.3 is 5.32 Å². The lowest BCUT2D eigenvalue weighted by atomic mass is 10.2. The summed E-state index contributed by atoms with van der Waals surface area (Å²) in [6.45, 7) is 2.04. The number of rotatable bonds is 4. The Hall–Kier alpha value is -3.21. The lowest BCUT2D eigenvalue weighted by Crippen LogP contribution is -2.13. The summed E-state index contributed by atoms with van der Waals surface area (Å²) in [7, 11) is 0. The smallest absolute Gasteiger partial charge is 0.136 e. The van der Waals surface area contributed by atoms with Crippen LogP contribution in [-0.2, 0) is 0 Å². The summed E-state index contributed by atoms with van der Waals surface area (Å²) >= 11 is 0. The molecule has 0 saturated heterocycles. The van der Waals surface area contributed by atoms with Crippen LogP contribution in [-0.4, -0.2) is 14.5 Å². The van der Waals surface area contributed by atoms with Gasteiger partial charge in [-0.1, -0.05) is 18.2 Å². The second-order valence-corrected chi connectivity index (χ2v) is 5.88. The minimum absolute atomic E-state index is 0.0712. The van der Waals surface area contributed by atoms with E-state index in [4.69, 9.17) is 4.98 Å². The lowest BCUT2D eigenvalue weighted by Gasteiger charge is -2.17. The normalized spacial score (nSPS) is 12.2. The molecular weight excluding hydrogens is 315 g/mol. The Balaban J connectivity index is 1.84. The van der Waals surface area contributed by atoms with Crippen molar-refractivity contribution in [2.75, 3.05) is 5.32 Å². The predicted molar refractivity (Wildman–Crippen MR) is 97.3 cm³/mol. The number of fused-ring (bicyclic) bond motifs is 1. The molecule has 0 aliphatic carbocycles. The number of hydrogen-bond donors (Lipinski definition) is 1. The molecule has 0 bridgehead atoms. The zero-order chi connectivity index (χ0) is 17.2. The highest BCUT2D eigenvalue weighted by Gasteiger charge is 2.18. The van der Waals surface area contributed by atoms with E-state index in [1.54, 1.807) is 18.5 Å². The first-order valence-electron chi connectivity index (χ1n) is 8.12. The SMILES string of the molecule is CC(Nc1ccncc1)c1nc2ccccc2n1-c1cccc(F)c1. The molecule has 4 nitrogen and oxygen atoms in total. The van der Waals surface area contributed by atoms with Gasteiger partial charge in [-0.2, -0.15) is 0 Å². The third kappa shape index (κ3) is 2.96. The second-order valence-electron chi connectivity index (χ2n) is 5.88. The molecule has 0 aliphatic heterocycles. The molecule has 2 aromatic carbocycles. The van der Waals surface area contributed by atoms with Crippen molar-refractivity contribution in [3.05, 3.63) is 84.7 Å². The van der Waals surface area contributed by atoms with Gasteiger partial charge in [0.1, 0.15) is 11.6 Å². The molecule has 1 N–H and O–H groups in total. The van der Waals surface area contributed by atoms with E-state index in [0.717, 1.165) is 28.2 Å². The largest absolute Gasteiger partial charge is 0.375 e. The molecule has 2 aromatic heterocycles. The van der Waals surface area contributed by atoms with Crippen molar-refractivity contribution >= 4 is 16.7 Å². The van der Waals surface area contributed by atoms with Crippen molar-refractivity contribution in [3.63, 3.8) is 0 Å². The molecule has 4 rings (SSSR count). The molecule has 0 radical (unpaired) electrons. The van der Waals surface area contributed by atoms with Crippen molar-refractivity contribution < 1.29 is 4.39 Å². The van der Waals surface area contributed by atoms with Gasteiger partial charge in [-0.05, 0) is 49.4 Å². The fourth-order valence-corrected chi connectivity index (χ4v) is 2.98. The molecule has 0 fully saturated rings. The van der Waals surface area contributed by atoms with E-state index in [0.29, 0.717) is 0 Å². The maximum Gasteiger partial charge on any atom is 0.136 e. The summed E-state index contributed by atoms with van der Waals surface area (Å²) < 4.78 is 15.8. The van der Waals surface area contributed by atoms with Crippen molar-refractivity contribution in [1.82, 2.24) is 14.5 Å². The van der Waals surface area contributed by atoms with Crippen molar-refractivity contribution in [2.24, 2.45) is 0 Å². The Morgan fingerprint density at radius 1 is 1.00 bits per heavy atom. The molecule has 5 heteroatoms. The number of aromatic nitrogens is 3.